The number of nitrogens with zero attached hydrogens (tertiary/aromatic N) is 1. The number of aliphatic imine (C=N–C) groups is 1. The Balaban J connectivity index is 2.06. The first-order valence-corrected chi connectivity index (χ1v) is 18.5. The summed E-state index contributed by atoms with van der Waals surface area (Å²) in [6, 6.07) is 0. The largest absolute Gasteiger partial charge is 0.372 e. The molecule has 1 aliphatic rings. The molecule has 1 heterocycles. The Morgan fingerprint density at radius 1 is 0.537 bits per heavy atom. The van der Waals surface area contributed by atoms with Crippen LogP contribution >= 0.6 is 0 Å². The molecule has 0 spiro atoms. The maximum Gasteiger partial charge on any atom is 0.198 e. The Morgan fingerprint density at radius 3 is 1.34 bits per heavy atom. The molecule has 1 atom stereocenters. The van der Waals surface area contributed by atoms with Gasteiger partial charge in [0.1, 0.15) is 0 Å². The molecule has 1 unspecified atom stereocenters. The van der Waals surface area contributed by atoms with Crippen LogP contribution in [0.1, 0.15) is 200 Å². The quantitative estimate of drug-likeness (QED) is 0.0642. The van der Waals surface area contributed by atoms with Crippen LogP contribution in [0.15, 0.2) is 4.99 Å². The number of Topliss-reactive ketones (excluding diaryl/α,β-unsaturated/α-hetero) is 2. The number of carbonyl (C=O) groups excluding carboxylic acids is 2. The van der Waals surface area contributed by atoms with Gasteiger partial charge >= 0.3 is 0 Å². The molecule has 4 heteroatoms. The van der Waals surface area contributed by atoms with Crippen LogP contribution in [0.4, 0.5) is 0 Å². The molecule has 0 amide bonds. The summed E-state index contributed by atoms with van der Waals surface area (Å²) in [5.74, 6) is 1.11. The van der Waals surface area contributed by atoms with Crippen molar-refractivity contribution in [3.05, 3.63) is 0 Å². The number of hydrogen-bond donors (Lipinski definition) is 1. The van der Waals surface area contributed by atoms with Gasteiger partial charge in [0.25, 0.3) is 0 Å². The zero-order chi connectivity index (χ0) is 29.6. The molecule has 1 aliphatic heterocycles. The van der Waals surface area contributed by atoms with E-state index >= 15 is 0 Å². The second-order valence-electron chi connectivity index (χ2n) is 12.9. The topological polar surface area (TPSA) is 58.5 Å². The first kappa shape index (κ1) is 37.8. The lowest BCUT2D eigenvalue weighted by Gasteiger charge is -2.17. The van der Waals surface area contributed by atoms with Crippen LogP contribution in [0.5, 0.6) is 0 Å². The summed E-state index contributed by atoms with van der Waals surface area (Å²) >= 11 is 0. The SMILES string of the molecule is CCCCCCCCCCCCCCCC(=O)C(=O)CCC(CCCCCCCCCCCCCC)C1=NCCN1. The van der Waals surface area contributed by atoms with Gasteiger partial charge in [0, 0.05) is 25.3 Å². The number of ketones is 2. The van der Waals surface area contributed by atoms with E-state index in [-0.39, 0.29) is 11.6 Å². The molecule has 0 aliphatic carbocycles. The summed E-state index contributed by atoms with van der Waals surface area (Å²) in [5, 5.41) is 3.44. The van der Waals surface area contributed by atoms with Gasteiger partial charge in [-0.3, -0.25) is 14.6 Å². The van der Waals surface area contributed by atoms with E-state index in [0.717, 1.165) is 44.6 Å². The summed E-state index contributed by atoms with van der Waals surface area (Å²) in [7, 11) is 0. The number of nitrogens with one attached hydrogen (secondary N) is 1. The second kappa shape index (κ2) is 28.9. The van der Waals surface area contributed by atoms with E-state index in [1.807, 2.05) is 0 Å². The third-order valence-corrected chi connectivity index (χ3v) is 9.03. The molecule has 4 nitrogen and oxygen atoms in total. The predicted molar refractivity (Wildman–Crippen MR) is 179 cm³/mol. The fourth-order valence-corrected chi connectivity index (χ4v) is 6.23. The lowest BCUT2D eigenvalue weighted by atomic mass is 9.92. The highest BCUT2D eigenvalue weighted by Crippen LogP contribution is 2.21. The Labute approximate surface area is 256 Å². The van der Waals surface area contributed by atoms with Crippen LogP contribution < -0.4 is 5.32 Å². The molecule has 240 valence electrons. The third-order valence-electron chi connectivity index (χ3n) is 9.03. The van der Waals surface area contributed by atoms with Gasteiger partial charge in [-0.25, -0.2) is 0 Å². The van der Waals surface area contributed by atoms with Crippen molar-refractivity contribution in [2.24, 2.45) is 10.9 Å². The van der Waals surface area contributed by atoms with E-state index in [2.05, 4.69) is 24.2 Å². The Morgan fingerprint density at radius 2 is 0.927 bits per heavy atom. The van der Waals surface area contributed by atoms with E-state index < -0.39 is 0 Å². The van der Waals surface area contributed by atoms with Gasteiger partial charge in [-0.15, -0.1) is 0 Å². The second-order valence-corrected chi connectivity index (χ2v) is 12.9. The average Bonchev–Trinajstić information content (AvgIpc) is 3.52. The van der Waals surface area contributed by atoms with Crippen molar-refractivity contribution in [1.82, 2.24) is 5.32 Å². The average molecular weight is 575 g/mol. The Bertz CT molecular complexity index is 645. The minimum atomic E-state index is -0.151. The van der Waals surface area contributed by atoms with Crippen LogP contribution in [0.25, 0.3) is 0 Å². The minimum Gasteiger partial charge on any atom is -0.372 e. The number of hydrogen-bond acceptors (Lipinski definition) is 4. The van der Waals surface area contributed by atoms with Crippen molar-refractivity contribution in [3.63, 3.8) is 0 Å². The maximum atomic E-state index is 12.6. The molecule has 1 rings (SSSR count). The van der Waals surface area contributed by atoms with Crippen molar-refractivity contribution < 1.29 is 9.59 Å². The van der Waals surface area contributed by atoms with Gasteiger partial charge in [-0.1, -0.05) is 168 Å². The predicted octanol–water partition coefficient (Wildman–Crippen LogP) is 11.1. The standard InChI is InChI=1S/C37H70N2O2/c1-3-5-7-9-11-13-15-17-19-21-23-25-27-29-35(40)36(41)31-30-34(37-38-32-33-39-37)28-26-24-22-20-18-16-14-12-10-8-6-4-2/h34H,3-33H2,1-2H3,(H,38,39). The highest BCUT2D eigenvalue weighted by atomic mass is 16.2. The van der Waals surface area contributed by atoms with Gasteiger partial charge < -0.3 is 5.32 Å². The summed E-state index contributed by atoms with van der Waals surface area (Å²) in [4.78, 5) is 29.7. The molecular formula is C37H70N2O2. The number of amidine groups is 1. The number of unbranched alkanes of at least 4 members (excludes halogenated alkanes) is 23. The maximum absolute atomic E-state index is 12.6. The minimum absolute atomic E-state index is 0.140. The molecule has 0 aromatic heterocycles. The van der Waals surface area contributed by atoms with Crippen LogP contribution in [0.3, 0.4) is 0 Å². The van der Waals surface area contributed by atoms with E-state index in [1.165, 1.54) is 148 Å². The molecule has 0 bridgehead atoms. The molecule has 41 heavy (non-hydrogen) atoms. The molecular weight excluding hydrogens is 504 g/mol. The van der Waals surface area contributed by atoms with Crippen molar-refractivity contribution in [3.8, 4) is 0 Å². The van der Waals surface area contributed by atoms with Crippen molar-refractivity contribution in [2.45, 2.75) is 200 Å². The fourth-order valence-electron chi connectivity index (χ4n) is 6.23. The third kappa shape index (κ3) is 23.0. The summed E-state index contributed by atoms with van der Waals surface area (Å²) in [6.07, 6.45) is 35.8. The smallest absolute Gasteiger partial charge is 0.198 e. The fraction of sp³-hybridized carbons (Fsp3) is 0.919. The monoisotopic (exact) mass is 575 g/mol. The van der Waals surface area contributed by atoms with Crippen LogP contribution in [-0.2, 0) is 9.59 Å². The van der Waals surface area contributed by atoms with Crippen molar-refractivity contribution >= 4 is 17.4 Å². The zero-order valence-electron chi connectivity index (χ0n) is 27.8. The van der Waals surface area contributed by atoms with Crippen LogP contribution in [0, 0.1) is 5.92 Å². The molecule has 0 saturated carbocycles. The molecule has 0 saturated heterocycles. The van der Waals surface area contributed by atoms with Gasteiger partial charge in [0.05, 0.1) is 12.4 Å². The van der Waals surface area contributed by atoms with Crippen molar-refractivity contribution in [2.75, 3.05) is 13.1 Å². The van der Waals surface area contributed by atoms with Crippen LogP contribution in [0.2, 0.25) is 0 Å². The number of carbonyl (C=O) groups is 2. The highest BCUT2D eigenvalue weighted by molar-refractivity contribution is 6.37. The summed E-state index contributed by atoms with van der Waals surface area (Å²) < 4.78 is 0. The van der Waals surface area contributed by atoms with Gasteiger partial charge in [0.2, 0.25) is 0 Å². The van der Waals surface area contributed by atoms with E-state index in [1.54, 1.807) is 0 Å². The lowest BCUT2D eigenvalue weighted by Crippen LogP contribution is -2.28. The molecule has 0 fully saturated rings. The highest BCUT2D eigenvalue weighted by Gasteiger charge is 2.21. The van der Waals surface area contributed by atoms with E-state index in [0.29, 0.717) is 18.8 Å². The van der Waals surface area contributed by atoms with E-state index in [4.69, 9.17) is 0 Å². The van der Waals surface area contributed by atoms with E-state index in [9.17, 15) is 9.59 Å². The molecule has 1 N–H and O–H groups in total. The zero-order valence-corrected chi connectivity index (χ0v) is 27.8. The van der Waals surface area contributed by atoms with Gasteiger partial charge in [-0.05, 0) is 19.3 Å². The van der Waals surface area contributed by atoms with Crippen molar-refractivity contribution in [1.29, 1.82) is 0 Å². The normalized spacial score (nSPS) is 13.8. The summed E-state index contributed by atoms with van der Waals surface area (Å²) in [5.41, 5.74) is 0. The molecule has 0 aromatic rings. The first-order chi connectivity index (χ1) is 20.2. The number of rotatable bonds is 32. The molecule has 0 radical (unpaired) electrons. The molecule has 0 aromatic carbocycles. The first-order valence-electron chi connectivity index (χ1n) is 18.5. The van der Waals surface area contributed by atoms with Crippen LogP contribution in [-0.4, -0.2) is 30.5 Å². The lowest BCUT2D eigenvalue weighted by molar-refractivity contribution is -0.136. The Kier molecular flexibility index (Phi) is 26.7. The summed E-state index contributed by atoms with van der Waals surface area (Å²) in [6.45, 7) is 6.31. The Hall–Kier alpha value is -1.19. The van der Waals surface area contributed by atoms with Gasteiger partial charge in [0.15, 0.2) is 11.6 Å². The van der Waals surface area contributed by atoms with Gasteiger partial charge in [-0.2, -0.15) is 0 Å².